The summed E-state index contributed by atoms with van der Waals surface area (Å²) in [5.41, 5.74) is -2.51. The average molecular weight is 421 g/mol. The van der Waals surface area contributed by atoms with E-state index < -0.39 is 44.4 Å². The Kier molecular flexibility index (Phi) is 6.47. The van der Waals surface area contributed by atoms with Crippen LogP contribution in [0.25, 0.3) is 0 Å². The maximum Gasteiger partial charge on any atom is 0.339 e. The van der Waals surface area contributed by atoms with Gasteiger partial charge in [0.2, 0.25) is 5.60 Å². The Morgan fingerprint density at radius 2 is 1.52 bits per heavy atom. The third-order valence-corrected chi connectivity index (χ3v) is 5.86. The number of hydrogen-bond donors (Lipinski definition) is 1. The number of esters is 1. The lowest BCUT2D eigenvalue weighted by Gasteiger charge is -2.32. The van der Waals surface area contributed by atoms with Gasteiger partial charge in [-0.1, -0.05) is 18.2 Å². The summed E-state index contributed by atoms with van der Waals surface area (Å²) < 4.78 is 44.3. The van der Waals surface area contributed by atoms with Gasteiger partial charge in [0.05, 0.1) is 10.5 Å². The fraction of sp³-hybridized carbons (Fsp3) is 0.333. The van der Waals surface area contributed by atoms with Crippen molar-refractivity contribution in [2.75, 3.05) is 5.75 Å². The van der Waals surface area contributed by atoms with Crippen LogP contribution in [0, 0.1) is 5.82 Å². The Bertz CT molecular complexity index is 982. The number of amides is 1. The van der Waals surface area contributed by atoms with Gasteiger partial charge in [0.15, 0.2) is 9.84 Å². The molecule has 0 aliphatic heterocycles. The molecule has 1 atom stereocenters. The van der Waals surface area contributed by atoms with Crippen molar-refractivity contribution in [3.63, 3.8) is 0 Å². The van der Waals surface area contributed by atoms with Gasteiger partial charge in [0.25, 0.3) is 5.91 Å². The molecule has 1 N–H and O–H groups in total. The van der Waals surface area contributed by atoms with Gasteiger partial charge in [0.1, 0.15) is 11.6 Å². The molecule has 2 aromatic carbocycles. The molecule has 1 amide bonds. The van der Waals surface area contributed by atoms with Crippen LogP contribution in [-0.2, 0) is 19.4 Å². The second-order valence-corrected chi connectivity index (χ2v) is 9.89. The molecule has 2 aromatic rings. The quantitative estimate of drug-likeness (QED) is 0.572. The standard InChI is InChI=1S/C21H24FNO5S/c1-20(2,3)23-19(25)21(4,28-18(24)15-8-6-5-7-9-15)14-29(26,27)17-12-10-16(22)11-13-17/h5-13H,14H2,1-4H3,(H,23,25). The first-order valence-corrected chi connectivity index (χ1v) is 10.6. The van der Waals surface area contributed by atoms with Crippen LogP contribution in [-0.4, -0.2) is 37.2 Å². The van der Waals surface area contributed by atoms with E-state index in [4.69, 9.17) is 4.74 Å². The van der Waals surface area contributed by atoms with Gasteiger partial charge in [-0.05, 0) is 64.1 Å². The van der Waals surface area contributed by atoms with Gasteiger partial charge in [-0.25, -0.2) is 17.6 Å². The maximum absolute atomic E-state index is 13.2. The number of benzene rings is 2. The molecule has 0 saturated carbocycles. The summed E-state index contributed by atoms with van der Waals surface area (Å²) in [6.07, 6.45) is 0. The fourth-order valence-corrected chi connectivity index (χ4v) is 4.17. The first-order chi connectivity index (χ1) is 13.3. The third kappa shape index (κ3) is 6.12. The number of carbonyl (C=O) groups is 2. The number of nitrogens with one attached hydrogen (secondary N) is 1. The molecule has 156 valence electrons. The molecule has 0 aromatic heterocycles. The smallest absolute Gasteiger partial charge is 0.339 e. The first kappa shape index (κ1) is 22.5. The summed E-state index contributed by atoms with van der Waals surface area (Å²) in [6, 6.07) is 12.2. The molecule has 0 bridgehead atoms. The summed E-state index contributed by atoms with van der Waals surface area (Å²) in [4.78, 5) is 25.3. The van der Waals surface area contributed by atoms with Crippen LogP contribution in [0.1, 0.15) is 38.1 Å². The van der Waals surface area contributed by atoms with Crippen molar-refractivity contribution in [1.29, 1.82) is 0 Å². The van der Waals surface area contributed by atoms with Crippen molar-refractivity contribution in [3.8, 4) is 0 Å². The fourth-order valence-electron chi connectivity index (χ4n) is 2.54. The largest absolute Gasteiger partial charge is 0.445 e. The molecular weight excluding hydrogens is 397 g/mol. The number of ether oxygens (including phenoxy) is 1. The Morgan fingerprint density at radius 1 is 0.966 bits per heavy atom. The lowest BCUT2D eigenvalue weighted by molar-refractivity contribution is -0.138. The normalized spacial score (nSPS) is 14.0. The highest BCUT2D eigenvalue weighted by Crippen LogP contribution is 2.23. The topological polar surface area (TPSA) is 89.5 Å². The molecule has 1 unspecified atom stereocenters. The third-order valence-electron chi connectivity index (χ3n) is 3.93. The van der Waals surface area contributed by atoms with Crippen molar-refractivity contribution in [2.45, 2.75) is 43.7 Å². The van der Waals surface area contributed by atoms with E-state index in [1.54, 1.807) is 39.0 Å². The molecule has 29 heavy (non-hydrogen) atoms. The minimum Gasteiger partial charge on any atom is -0.445 e. The molecule has 0 saturated heterocycles. The molecular formula is C21H24FNO5S. The minimum absolute atomic E-state index is 0.176. The molecule has 0 fully saturated rings. The predicted molar refractivity (Wildman–Crippen MR) is 107 cm³/mol. The SMILES string of the molecule is CC(C)(C)NC(=O)C(C)(CS(=O)(=O)c1ccc(F)cc1)OC(=O)c1ccccc1. The second kappa shape index (κ2) is 8.32. The van der Waals surface area contributed by atoms with Crippen LogP contribution < -0.4 is 5.32 Å². The number of hydrogen-bond acceptors (Lipinski definition) is 5. The monoisotopic (exact) mass is 421 g/mol. The van der Waals surface area contributed by atoms with Crippen molar-refractivity contribution < 1.29 is 27.1 Å². The highest BCUT2D eigenvalue weighted by Gasteiger charge is 2.43. The van der Waals surface area contributed by atoms with Crippen molar-refractivity contribution in [2.24, 2.45) is 0 Å². The van der Waals surface area contributed by atoms with Gasteiger partial charge in [0, 0.05) is 5.54 Å². The predicted octanol–water partition coefficient (Wildman–Crippen LogP) is 3.13. The van der Waals surface area contributed by atoms with Crippen LogP contribution in [0.3, 0.4) is 0 Å². The van der Waals surface area contributed by atoms with E-state index in [1.807, 2.05) is 0 Å². The molecule has 0 aliphatic carbocycles. The summed E-state index contributed by atoms with van der Waals surface area (Å²) in [6.45, 7) is 6.41. The molecule has 0 heterocycles. The Labute approximate surface area is 170 Å². The van der Waals surface area contributed by atoms with Crippen molar-refractivity contribution in [3.05, 3.63) is 66.0 Å². The zero-order chi connectivity index (χ0) is 21.9. The van der Waals surface area contributed by atoms with Crippen LogP contribution in [0.2, 0.25) is 0 Å². The first-order valence-electron chi connectivity index (χ1n) is 8.92. The van der Waals surface area contributed by atoms with Crippen LogP contribution in [0.15, 0.2) is 59.5 Å². The van der Waals surface area contributed by atoms with Gasteiger partial charge >= 0.3 is 5.97 Å². The van der Waals surface area contributed by atoms with E-state index in [1.165, 1.54) is 19.1 Å². The molecule has 6 nitrogen and oxygen atoms in total. The second-order valence-electron chi connectivity index (χ2n) is 7.90. The zero-order valence-electron chi connectivity index (χ0n) is 16.7. The summed E-state index contributed by atoms with van der Waals surface area (Å²) >= 11 is 0. The highest BCUT2D eigenvalue weighted by molar-refractivity contribution is 7.91. The van der Waals surface area contributed by atoms with Crippen LogP contribution >= 0.6 is 0 Å². The molecule has 0 radical (unpaired) electrons. The van der Waals surface area contributed by atoms with Crippen molar-refractivity contribution in [1.82, 2.24) is 5.32 Å². The van der Waals surface area contributed by atoms with E-state index in [2.05, 4.69) is 5.32 Å². The van der Waals surface area contributed by atoms with E-state index >= 15 is 0 Å². The van der Waals surface area contributed by atoms with Gasteiger partial charge in [-0.2, -0.15) is 0 Å². The Balaban J connectivity index is 2.39. The van der Waals surface area contributed by atoms with Crippen molar-refractivity contribution >= 4 is 21.7 Å². The molecule has 0 aliphatic rings. The summed E-state index contributed by atoms with van der Waals surface area (Å²) in [5.74, 6) is -2.97. The molecule has 2 rings (SSSR count). The number of rotatable bonds is 6. The Hall–Kier alpha value is -2.74. The average Bonchev–Trinajstić information content (AvgIpc) is 2.61. The van der Waals surface area contributed by atoms with Crippen LogP contribution in [0.4, 0.5) is 4.39 Å². The lowest BCUT2D eigenvalue weighted by Crippen LogP contribution is -2.56. The Morgan fingerprint density at radius 3 is 2.03 bits per heavy atom. The van der Waals surface area contributed by atoms with E-state index in [0.29, 0.717) is 0 Å². The van der Waals surface area contributed by atoms with Gasteiger partial charge in [-0.15, -0.1) is 0 Å². The van der Waals surface area contributed by atoms with E-state index in [-0.39, 0.29) is 10.5 Å². The zero-order valence-corrected chi connectivity index (χ0v) is 17.5. The maximum atomic E-state index is 13.2. The lowest BCUT2D eigenvalue weighted by atomic mass is 10.0. The minimum atomic E-state index is -4.07. The summed E-state index contributed by atoms with van der Waals surface area (Å²) in [5, 5.41) is 2.66. The highest BCUT2D eigenvalue weighted by atomic mass is 32.2. The van der Waals surface area contributed by atoms with E-state index in [0.717, 1.165) is 24.3 Å². The number of sulfone groups is 1. The van der Waals surface area contributed by atoms with Crippen LogP contribution in [0.5, 0.6) is 0 Å². The van der Waals surface area contributed by atoms with Gasteiger partial charge in [-0.3, -0.25) is 4.79 Å². The summed E-state index contributed by atoms with van der Waals surface area (Å²) in [7, 11) is -4.07. The number of halogens is 1. The molecule has 0 spiro atoms. The van der Waals surface area contributed by atoms with E-state index in [9.17, 15) is 22.4 Å². The number of carbonyl (C=O) groups excluding carboxylic acids is 2. The van der Waals surface area contributed by atoms with Gasteiger partial charge < -0.3 is 10.1 Å². The molecule has 8 heteroatoms.